The van der Waals surface area contributed by atoms with Crippen molar-refractivity contribution in [3.05, 3.63) is 0 Å². The molecule has 86 valence electrons. The van der Waals surface area contributed by atoms with E-state index in [1.54, 1.807) is 0 Å². The zero-order valence-corrected chi connectivity index (χ0v) is 9.32. The first-order chi connectivity index (χ1) is 7.15. The van der Waals surface area contributed by atoms with Gasteiger partial charge in [0.05, 0.1) is 6.10 Å². The Kier molecular flexibility index (Phi) is 3.29. The van der Waals surface area contributed by atoms with Gasteiger partial charge in [-0.1, -0.05) is 0 Å². The Hall–Kier alpha value is -0.570. The number of carbonyl (C=O) groups excluding carboxylic acids is 1. The van der Waals surface area contributed by atoms with Crippen LogP contribution in [0.3, 0.4) is 0 Å². The molecule has 1 N–H and O–H groups in total. The first-order valence-electron chi connectivity index (χ1n) is 6.00. The SMILES string of the molecule is CC(=O)O[C@@H]1CCC2C[C@H](O)CCC2C1. The first-order valence-corrected chi connectivity index (χ1v) is 6.00. The van der Waals surface area contributed by atoms with Gasteiger partial charge in [-0.3, -0.25) is 4.79 Å². The lowest BCUT2D eigenvalue weighted by atomic mass is 9.69. The summed E-state index contributed by atoms with van der Waals surface area (Å²) in [5, 5.41) is 9.57. The van der Waals surface area contributed by atoms with E-state index in [1.807, 2.05) is 0 Å². The van der Waals surface area contributed by atoms with Gasteiger partial charge in [0.25, 0.3) is 0 Å². The summed E-state index contributed by atoms with van der Waals surface area (Å²) in [6.45, 7) is 1.48. The molecule has 2 aliphatic carbocycles. The third kappa shape index (κ3) is 2.71. The van der Waals surface area contributed by atoms with E-state index in [4.69, 9.17) is 4.74 Å². The van der Waals surface area contributed by atoms with Gasteiger partial charge in [-0.25, -0.2) is 0 Å². The Labute approximate surface area is 90.8 Å². The maximum atomic E-state index is 10.9. The van der Waals surface area contributed by atoms with Crippen LogP contribution in [-0.2, 0) is 9.53 Å². The molecule has 0 amide bonds. The molecular weight excluding hydrogens is 192 g/mol. The average Bonchev–Trinajstić information content (AvgIpc) is 2.17. The molecule has 2 fully saturated rings. The van der Waals surface area contributed by atoms with Gasteiger partial charge in [0, 0.05) is 6.92 Å². The van der Waals surface area contributed by atoms with Crippen molar-refractivity contribution in [3.63, 3.8) is 0 Å². The molecule has 0 aliphatic heterocycles. The Morgan fingerprint density at radius 2 is 1.80 bits per heavy atom. The maximum Gasteiger partial charge on any atom is 0.302 e. The molecule has 0 spiro atoms. The molecule has 0 heterocycles. The molecule has 0 saturated heterocycles. The van der Waals surface area contributed by atoms with Crippen molar-refractivity contribution >= 4 is 5.97 Å². The quantitative estimate of drug-likeness (QED) is 0.675. The smallest absolute Gasteiger partial charge is 0.302 e. The molecular formula is C12H20O3. The fourth-order valence-electron chi connectivity index (χ4n) is 3.16. The van der Waals surface area contributed by atoms with Crippen molar-refractivity contribution in [1.29, 1.82) is 0 Å². The Bertz CT molecular complexity index is 239. The minimum atomic E-state index is -0.158. The lowest BCUT2D eigenvalue weighted by Gasteiger charge is -2.40. The highest BCUT2D eigenvalue weighted by Crippen LogP contribution is 2.41. The fourth-order valence-corrected chi connectivity index (χ4v) is 3.16. The summed E-state index contributed by atoms with van der Waals surface area (Å²) in [6.07, 6.45) is 6.13. The van der Waals surface area contributed by atoms with Gasteiger partial charge in [-0.15, -0.1) is 0 Å². The van der Waals surface area contributed by atoms with Crippen molar-refractivity contribution in [2.75, 3.05) is 0 Å². The highest BCUT2D eigenvalue weighted by Gasteiger charge is 2.35. The minimum absolute atomic E-state index is 0.0866. The fraction of sp³-hybridized carbons (Fsp3) is 0.917. The van der Waals surface area contributed by atoms with Crippen LogP contribution in [0.1, 0.15) is 45.4 Å². The van der Waals surface area contributed by atoms with E-state index < -0.39 is 0 Å². The number of hydrogen-bond acceptors (Lipinski definition) is 3. The van der Waals surface area contributed by atoms with Gasteiger partial charge in [0.1, 0.15) is 6.10 Å². The molecule has 2 rings (SSSR count). The molecule has 2 aliphatic rings. The topological polar surface area (TPSA) is 46.5 Å². The molecule has 15 heavy (non-hydrogen) atoms. The number of aliphatic hydroxyl groups excluding tert-OH is 1. The summed E-state index contributed by atoms with van der Waals surface area (Å²) in [6, 6.07) is 0. The van der Waals surface area contributed by atoms with Gasteiger partial charge in [-0.2, -0.15) is 0 Å². The van der Waals surface area contributed by atoms with Crippen LogP contribution < -0.4 is 0 Å². The van der Waals surface area contributed by atoms with Gasteiger partial charge >= 0.3 is 5.97 Å². The van der Waals surface area contributed by atoms with E-state index >= 15 is 0 Å². The van der Waals surface area contributed by atoms with Crippen LogP contribution in [0.2, 0.25) is 0 Å². The van der Waals surface area contributed by atoms with Crippen LogP contribution in [-0.4, -0.2) is 23.3 Å². The number of aliphatic hydroxyl groups is 1. The lowest BCUT2D eigenvalue weighted by Crippen LogP contribution is -2.36. The summed E-state index contributed by atoms with van der Waals surface area (Å²) in [5.74, 6) is 1.18. The summed E-state index contributed by atoms with van der Waals surface area (Å²) >= 11 is 0. The molecule has 0 aromatic carbocycles. The van der Waals surface area contributed by atoms with Crippen molar-refractivity contribution < 1.29 is 14.6 Å². The molecule has 3 heteroatoms. The lowest BCUT2D eigenvalue weighted by molar-refractivity contribution is -0.150. The van der Waals surface area contributed by atoms with Gasteiger partial charge in [0.15, 0.2) is 0 Å². The van der Waals surface area contributed by atoms with Crippen LogP contribution in [0.25, 0.3) is 0 Å². The van der Waals surface area contributed by atoms with E-state index in [0.29, 0.717) is 11.8 Å². The maximum absolute atomic E-state index is 10.9. The van der Waals surface area contributed by atoms with E-state index in [0.717, 1.165) is 38.5 Å². The van der Waals surface area contributed by atoms with Crippen molar-refractivity contribution in [1.82, 2.24) is 0 Å². The largest absolute Gasteiger partial charge is 0.463 e. The number of rotatable bonds is 1. The predicted octanol–water partition coefficient (Wildman–Crippen LogP) is 1.88. The number of carbonyl (C=O) groups is 1. The van der Waals surface area contributed by atoms with Crippen LogP contribution in [0.15, 0.2) is 0 Å². The van der Waals surface area contributed by atoms with Crippen LogP contribution in [0, 0.1) is 11.8 Å². The highest BCUT2D eigenvalue weighted by molar-refractivity contribution is 5.66. The molecule has 2 unspecified atom stereocenters. The number of hydrogen-bond donors (Lipinski definition) is 1. The molecule has 2 saturated carbocycles. The Morgan fingerprint density at radius 3 is 2.53 bits per heavy atom. The van der Waals surface area contributed by atoms with Gasteiger partial charge < -0.3 is 9.84 Å². The highest BCUT2D eigenvalue weighted by atomic mass is 16.5. The molecule has 0 bridgehead atoms. The molecule has 4 atom stereocenters. The van der Waals surface area contributed by atoms with Crippen LogP contribution in [0.4, 0.5) is 0 Å². The van der Waals surface area contributed by atoms with Crippen molar-refractivity contribution in [2.45, 2.75) is 57.7 Å². The normalized spacial score (nSPS) is 40.7. The Balaban J connectivity index is 1.87. The predicted molar refractivity (Wildman–Crippen MR) is 56.2 cm³/mol. The second-order valence-electron chi connectivity index (χ2n) is 5.03. The van der Waals surface area contributed by atoms with Crippen molar-refractivity contribution in [3.8, 4) is 0 Å². The molecule has 0 radical (unpaired) electrons. The summed E-state index contributed by atoms with van der Waals surface area (Å²) < 4.78 is 5.27. The Morgan fingerprint density at radius 1 is 1.13 bits per heavy atom. The second kappa shape index (κ2) is 4.52. The third-order valence-electron chi connectivity index (χ3n) is 3.87. The number of esters is 1. The monoisotopic (exact) mass is 212 g/mol. The average molecular weight is 212 g/mol. The molecule has 0 aromatic heterocycles. The zero-order chi connectivity index (χ0) is 10.8. The standard InChI is InChI=1S/C12H20O3/c1-8(13)15-12-5-3-9-6-11(14)4-2-10(9)7-12/h9-12,14H,2-7H2,1H3/t9?,10?,11-,12-/m1/s1. The van der Waals surface area contributed by atoms with E-state index in [-0.39, 0.29) is 18.2 Å². The van der Waals surface area contributed by atoms with E-state index in [2.05, 4.69) is 0 Å². The van der Waals surface area contributed by atoms with E-state index in [1.165, 1.54) is 6.92 Å². The zero-order valence-electron chi connectivity index (χ0n) is 9.32. The van der Waals surface area contributed by atoms with Crippen LogP contribution in [0.5, 0.6) is 0 Å². The van der Waals surface area contributed by atoms with E-state index in [9.17, 15) is 9.90 Å². The summed E-state index contributed by atoms with van der Waals surface area (Å²) in [7, 11) is 0. The summed E-state index contributed by atoms with van der Waals surface area (Å²) in [5.41, 5.74) is 0. The first kappa shape index (κ1) is 10.9. The molecule has 0 aromatic rings. The summed E-state index contributed by atoms with van der Waals surface area (Å²) in [4.78, 5) is 10.9. The minimum Gasteiger partial charge on any atom is -0.463 e. The van der Waals surface area contributed by atoms with Crippen LogP contribution >= 0.6 is 0 Å². The van der Waals surface area contributed by atoms with Crippen molar-refractivity contribution in [2.24, 2.45) is 11.8 Å². The van der Waals surface area contributed by atoms with Gasteiger partial charge in [-0.05, 0) is 50.4 Å². The third-order valence-corrected chi connectivity index (χ3v) is 3.87. The van der Waals surface area contributed by atoms with Gasteiger partial charge in [0.2, 0.25) is 0 Å². The molecule has 3 nitrogen and oxygen atoms in total. The second-order valence-corrected chi connectivity index (χ2v) is 5.03. The number of ether oxygens (including phenoxy) is 1. The number of fused-ring (bicyclic) bond motifs is 1.